The fourth-order valence-electron chi connectivity index (χ4n) is 1.47. The van der Waals surface area contributed by atoms with Gasteiger partial charge in [0, 0.05) is 3.57 Å². The smallest absolute Gasteiger partial charge is 0.497 e. The van der Waals surface area contributed by atoms with Crippen molar-refractivity contribution in [2.75, 3.05) is 7.11 Å². The van der Waals surface area contributed by atoms with Crippen LogP contribution in [0, 0.1) is 3.57 Å². The van der Waals surface area contributed by atoms with E-state index in [1.807, 2.05) is 12.1 Å². The number of hydrogen-bond acceptors (Lipinski definition) is 7. The molecule has 0 spiro atoms. The lowest BCUT2D eigenvalue weighted by Gasteiger charge is -2.05. The average molecular weight is 910 g/mol. The van der Waals surface area contributed by atoms with E-state index < -0.39 is 47.4 Å². The highest BCUT2D eigenvalue weighted by Crippen LogP contribution is 2.37. The molecule has 0 radical (unpaired) electrons. The van der Waals surface area contributed by atoms with Crippen LogP contribution in [0.3, 0.4) is 0 Å². The van der Waals surface area contributed by atoms with Crippen molar-refractivity contribution in [1.82, 2.24) is 0 Å². The molecule has 0 amide bonds. The first-order chi connectivity index (χ1) is 19.3. The number of halogens is 7. The van der Waals surface area contributed by atoms with Gasteiger partial charge in [0.25, 0.3) is 0 Å². The Balaban J connectivity index is -0.000000151. The van der Waals surface area contributed by atoms with Crippen molar-refractivity contribution in [3.05, 3.63) is 52.1 Å². The number of ether oxygens (including phenoxy) is 1. The van der Waals surface area contributed by atoms with Crippen LogP contribution in [0.15, 0.2) is 48.5 Å². The van der Waals surface area contributed by atoms with Gasteiger partial charge in [-0.05, 0) is 51.9 Å². The first-order valence-corrected chi connectivity index (χ1v) is 19.3. The van der Waals surface area contributed by atoms with Crippen molar-refractivity contribution < 1.29 is 116 Å². The molecule has 0 aliphatic heterocycles. The lowest BCUT2D eigenvalue weighted by Crippen LogP contribution is -1.84. The molecular formula is C13H23F6IO19P6. The summed E-state index contributed by atoms with van der Waals surface area (Å²) < 4.78 is 120. The van der Waals surface area contributed by atoms with E-state index >= 15 is 0 Å². The summed E-state index contributed by atoms with van der Waals surface area (Å²) in [7, 11) is -29.2. The van der Waals surface area contributed by atoms with Crippen LogP contribution in [0.25, 0.3) is 11.1 Å². The van der Waals surface area contributed by atoms with Crippen molar-refractivity contribution in [2.45, 2.75) is 0 Å². The largest absolute Gasteiger partial charge is 0.507 e. The van der Waals surface area contributed by atoms with Gasteiger partial charge in [0.05, 0.1) is 7.11 Å². The molecule has 0 aliphatic rings. The molecule has 0 saturated carbocycles. The zero-order valence-corrected chi connectivity index (χ0v) is 28.7. The summed E-state index contributed by atoms with van der Waals surface area (Å²) in [5.41, 5.74) is 2.49. The highest BCUT2D eigenvalue weighted by molar-refractivity contribution is 14.1. The Bertz CT molecular complexity index is 1160. The first-order valence-electron chi connectivity index (χ1n) is 9.21. The summed E-state index contributed by atoms with van der Waals surface area (Å²) in [6, 6.07) is 16.5. The summed E-state index contributed by atoms with van der Waals surface area (Å²) in [6.07, 6.45) is 0. The fraction of sp³-hybridized carbons (Fsp3) is 0.0769. The molecule has 0 heterocycles. The predicted octanol–water partition coefficient (Wildman–Crippen LogP) is 4.26. The molecule has 0 aromatic heterocycles. The molecule has 0 atom stereocenters. The number of benzene rings is 2. The van der Waals surface area contributed by atoms with Gasteiger partial charge in [-0.25, -0.2) is 27.4 Å². The molecule has 0 fully saturated rings. The molecule has 0 aliphatic carbocycles. The van der Waals surface area contributed by atoms with Gasteiger partial charge < -0.3 is 4.74 Å². The maximum Gasteiger partial charge on any atom is 0.507 e. The van der Waals surface area contributed by atoms with Crippen molar-refractivity contribution in [2.24, 2.45) is 0 Å². The Morgan fingerprint density at radius 1 is 0.489 bits per heavy atom. The number of hydrogen-bond donors (Lipinski definition) is 12. The van der Waals surface area contributed by atoms with Crippen molar-refractivity contribution in [3.8, 4) is 16.9 Å². The maximum atomic E-state index is 10.4. The van der Waals surface area contributed by atoms with E-state index in [9.17, 15) is 25.2 Å². The minimum absolute atomic E-state index is 0.893. The second-order valence-corrected chi connectivity index (χ2v) is 12.9. The third kappa shape index (κ3) is 107. The van der Waals surface area contributed by atoms with Crippen molar-refractivity contribution in [1.29, 1.82) is 0 Å². The molecule has 0 saturated heterocycles. The topological polar surface area (TPSA) is 354 Å². The number of rotatable bonds is 2. The van der Waals surface area contributed by atoms with E-state index in [0.717, 1.165) is 5.75 Å². The maximum absolute atomic E-state index is 10.4. The summed E-state index contributed by atoms with van der Waals surface area (Å²) >= 11 is 2.35. The highest BCUT2D eigenvalue weighted by Gasteiger charge is 2.07. The average Bonchev–Trinajstić information content (AvgIpc) is 2.67. The minimum Gasteiger partial charge on any atom is -0.497 e. The van der Waals surface area contributed by atoms with Crippen molar-refractivity contribution >= 4 is 70.0 Å². The first kappa shape index (κ1) is 53.9. The Hall–Kier alpha value is -0.550. The second-order valence-electron chi connectivity index (χ2n) is 6.05. The third-order valence-electron chi connectivity index (χ3n) is 2.27. The normalized spacial score (nSPS) is 11.2. The molecule has 12 N–H and O–H groups in total. The molecule has 32 heteroatoms. The van der Waals surface area contributed by atoms with E-state index in [4.69, 9.17) is 90.8 Å². The van der Waals surface area contributed by atoms with Crippen LogP contribution in [0.2, 0.25) is 0 Å². The minimum atomic E-state index is -5.14. The van der Waals surface area contributed by atoms with E-state index in [2.05, 4.69) is 59.0 Å². The standard InChI is InChI=1S/C13H11IO.6FH2O3P/c1-15-11-8-6-10(7-9-11)12-4-2-3-5-13(12)14;6*1-5(2,3)4/h2-9H,1H3;6*(H2,2,3,4). The Morgan fingerprint density at radius 2 is 0.711 bits per heavy atom. The number of methoxy groups -OCH3 is 1. The van der Waals surface area contributed by atoms with Gasteiger partial charge in [-0.1, -0.05) is 30.3 Å². The van der Waals surface area contributed by atoms with Crippen LogP contribution >= 0.6 is 70.0 Å². The van der Waals surface area contributed by atoms with Gasteiger partial charge in [0.2, 0.25) is 0 Å². The van der Waals surface area contributed by atoms with E-state index in [1.165, 1.54) is 14.7 Å². The molecule has 2 aromatic rings. The summed E-state index contributed by atoms with van der Waals surface area (Å²) in [4.78, 5) is 83.6. The van der Waals surface area contributed by atoms with Crippen LogP contribution in [-0.2, 0) is 27.4 Å². The van der Waals surface area contributed by atoms with Crippen LogP contribution in [-0.4, -0.2) is 65.8 Å². The predicted molar refractivity (Wildman–Crippen MR) is 150 cm³/mol. The fourth-order valence-corrected chi connectivity index (χ4v) is 2.16. The third-order valence-corrected chi connectivity index (χ3v) is 3.22. The molecule has 268 valence electrons. The van der Waals surface area contributed by atoms with Gasteiger partial charge in [0.1, 0.15) is 5.75 Å². The van der Waals surface area contributed by atoms with Crippen molar-refractivity contribution in [3.63, 3.8) is 0 Å². The molecule has 2 rings (SSSR count). The monoisotopic (exact) mass is 910 g/mol. The molecule has 0 bridgehead atoms. The highest BCUT2D eigenvalue weighted by atomic mass is 127. The molecule has 0 unspecified atom stereocenters. The molecule has 45 heavy (non-hydrogen) atoms. The van der Waals surface area contributed by atoms with Gasteiger partial charge in [-0.3, -0.25) is 58.7 Å². The summed E-state index contributed by atoms with van der Waals surface area (Å²) in [5.74, 6) is 0.893. The Labute approximate surface area is 261 Å². The second kappa shape index (κ2) is 24.6. The zero-order valence-electron chi connectivity index (χ0n) is 21.2. The van der Waals surface area contributed by atoms with E-state index in [0.29, 0.717) is 0 Å². The molecule has 19 nitrogen and oxygen atoms in total. The quantitative estimate of drug-likeness (QED) is 0.114. The summed E-state index contributed by atoms with van der Waals surface area (Å²) in [6.45, 7) is 0. The Morgan fingerprint density at radius 3 is 0.911 bits per heavy atom. The van der Waals surface area contributed by atoms with Crippen LogP contribution < -0.4 is 4.74 Å². The van der Waals surface area contributed by atoms with Gasteiger partial charge in [0.15, 0.2) is 0 Å². The van der Waals surface area contributed by atoms with E-state index in [1.54, 1.807) is 7.11 Å². The van der Waals surface area contributed by atoms with Gasteiger partial charge in [-0.15, -0.1) is 25.2 Å². The lowest BCUT2D eigenvalue weighted by molar-refractivity contribution is 0.320. The molecule has 2 aromatic carbocycles. The molecular weight excluding hydrogens is 887 g/mol. The van der Waals surface area contributed by atoms with Crippen LogP contribution in [0.1, 0.15) is 0 Å². The Kier molecular flexibility index (Phi) is 29.4. The van der Waals surface area contributed by atoms with E-state index in [-0.39, 0.29) is 0 Å². The lowest BCUT2D eigenvalue weighted by atomic mass is 10.1. The van der Waals surface area contributed by atoms with Crippen LogP contribution in [0.4, 0.5) is 25.2 Å². The van der Waals surface area contributed by atoms with Crippen LogP contribution in [0.5, 0.6) is 5.75 Å². The SMILES string of the molecule is COc1ccc(-c2ccccc2I)cc1.O=P(O)(O)F.O=P(O)(O)F.O=P(O)(O)F.O=P(O)(O)F.O=P(O)(O)F.O=P(O)(O)F. The zero-order chi connectivity index (χ0) is 37.7. The summed E-state index contributed by atoms with van der Waals surface area (Å²) in [5, 5.41) is 0. The van der Waals surface area contributed by atoms with Gasteiger partial charge >= 0.3 is 47.4 Å². The van der Waals surface area contributed by atoms with Gasteiger partial charge in [-0.2, -0.15) is 0 Å².